The smallest absolute Gasteiger partial charge is 0.00686 e. The van der Waals surface area contributed by atoms with Crippen molar-refractivity contribution in [2.45, 2.75) is 46.6 Å². The summed E-state index contributed by atoms with van der Waals surface area (Å²) in [6, 6.07) is 0. The third-order valence-electron chi connectivity index (χ3n) is 0. The lowest BCUT2D eigenvalue weighted by atomic mass is 10.1. The monoisotopic (exact) mass is 153 g/mol. The summed E-state index contributed by atoms with van der Waals surface area (Å²) in [5.74, 6) is 0. The van der Waals surface area contributed by atoms with E-state index in [0.717, 1.165) is 0 Å². The van der Waals surface area contributed by atoms with Crippen LogP contribution in [0.2, 0.25) is 0 Å². The van der Waals surface area contributed by atoms with Gasteiger partial charge >= 0.3 is 0 Å². The fourth-order valence-corrected chi connectivity index (χ4v) is 0. The fourth-order valence-electron chi connectivity index (χ4n) is 0. The molecule has 0 aromatic heterocycles. The maximum atomic E-state index is 5.35. The molecule has 0 bridgehead atoms. The van der Waals surface area contributed by atoms with Crippen molar-refractivity contribution in [1.29, 1.82) is 0 Å². The van der Waals surface area contributed by atoms with E-state index in [4.69, 9.17) is 5.73 Å². The van der Waals surface area contributed by atoms with Gasteiger partial charge in [-0.3, -0.25) is 0 Å². The van der Waals surface area contributed by atoms with Crippen LogP contribution < -0.4 is 5.73 Å². The molecule has 0 unspecified atom stereocenters. The quantitative estimate of drug-likeness (QED) is 0.569. The summed E-state index contributed by atoms with van der Waals surface area (Å²) in [6.45, 7) is 10.1. The van der Waals surface area contributed by atoms with Crippen molar-refractivity contribution in [3.8, 4) is 0 Å². The first-order chi connectivity index (χ1) is 3.41. The third-order valence-corrected chi connectivity index (χ3v) is 0. The lowest BCUT2D eigenvalue weighted by Gasteiger charge is -2.06. The van der Waals surface area contributed by atoms with Crippen LogP contribution in [0.15, 0.2) is 0 Å². The second-order valence-electron chi connectivity index (χ2n) is 3.07. The van der Waals surface area contributed by atoms with Gasteiger partial charge in [-0.2, -0.15) is 0 Å². The zero-order valence-electron chi connectivity index (χ0n) is 7.19. The number of halogens is 1. The summed E-state index contributed by atoms with van der Waals surface area (Å²) in [5, 5.41) is 0. The van der Waals surface area contributed by atoms with Crippen molar-refractivity contribution in [2.24, 2.45) is 5.73 Å². The molecule has 0 saturated heterocycles. The summed E-state index contributed by atoms with van der Waals surface area (Å²) in [4.78, 5) is 0. The molecule has 0 spiro atoms. The lowest BCUT2D eigenvalue weighted by Crippen LogP contribution is -2.26. The third kappa shape index (κ3) is 5160. The van der Waals surface area contributed by atoms with Crippen LogP contribution in [-0.4, -0.2) is 5.54 Å². The van der Waals surface area contributed by atoms with Crippen molar-refractivity contribution in [3.63, 3.8) is 0 Å². The van der Waals surface area contributed by atoms with Crippen LogP contribution in [0.1, 0.15) is 41.0 Å². The van der Waals surface area contributed by atoms with E-state index in [1.807, 2.05) is 20.8 Å². The number of hydrogen-bond donors (Lipinski definition) is 1. The SMILES string of the molecule is CC(C)(C)N.CCC.Cl. The van der Waals surface area contributed by atoms with Crippen LogP contribution in [0, 0.1) is 0 Å². The molecule has 60 valence electrons. The largest absolute Gasteiger partial charge is 0.326 e. The topological polar surface area (TPSA) is 26.0 Å². The number of rotatable bonds is 0. The van der Waals surface area contributed by atoms with Crippen molar-refractivity contribution < 1.29 is 0 Å². The molecule has 0 aliphatic rings. The van der Waals surface area contributed by atoms with Gasteiger partial charge in [0.1, 0.15) is 0 Å². The van der Waals surface area contributed by atoms with Gasteiger partial charge in [0.25, 0.3) is 0 Å². The Balaban J connectivity index is -0.0000000800. The lowest BCUT2D eigenvalue weighted by molar-refractivity contribution is 0.580. The van der Waals surface area contributed by atoms with Crippen LogP contribution >= 0.6 is 12.4 Å². The van der Waals surface area contributed by atoms with E-state index < -0.39 is 0 Å². The minimum atomic E-state index is 0. The van der Waals surface area contributed by atoms with Crippen LogP contribution in [0.4, 0.5) is 0 Å². The minimum Gasteiger partial charge on any atom is -0.326 e. The Morgan fingerprint density at radius 2 is 1.11 bits per heavy atom. The highest BCUT2D eigenvalue weighted by Crippen LogP contribution is 1.88. The van der Waals surface area contributed by atoms with Gasteiger partial charge in [0, 0.05) is 5.54 Å². The molecule has 0 aromatic carbocycles. The zero-order chi connectivity index (χ0) is 7.21. The summed E-state index contributed by atoms with van der Waals surface area (Å²) in [6.07, 6.45) is 1.25. The molecule has 1 nitrogen and oxygen atoms in total. The molecular weight excluding hydrogens is 134 g/mol. The average Bonchev–Trinajstić information content (AvgIpc) is 1.27. The maximum absolute atomic E-state index is 5.35. The van der Waals surface area contributed by atoms with Crippen molar-refractivity contribution >= 4 is 12.4 Å². The van der Waals surface area contributed by atoms with Gasteiger partial charge in [-0.1, -0.05) is 20.3 Å². The predicted octanol–water partition coefficient (Wildman–Crippen LogP) is 2.58. The standard InChI is InChI=1S/C4H11N.C3H8.ClH/c1-4(2,3)5;1-3-2;/h5H2,1-3H3;3H2,1-2H3;1H. The molecule has 0 amide bonds. The molecule has 0 aromatic rings. The average molecular weight is 154 g/mol. The first-order valence-electron chi connectivity index (χ1n) is 3.20. The first-order valence-corrected chi connectivity index (χ1v) is 3.20. The van der Waals surface area contributed by atoms with E-state index in [0.29, 0.717) is 0 Å². The van der Waals surface area contributed by atoms with E-state index in [9.17, 15) is 0 Å². The second-order valence-corrected chi connectivity index (χ2v) is 3.07. The Bertz CT molecular complexity index is 32.7. The van der Waals surface area contributed by atoms with Gasteiger partial charge in [-0.15, -0.1) is 12.4 Å². The molecule has 2 N–H and O–H groups in total. The first kappa shape index (κ1) is 16.1. The highest BCUT2D eigenvalue weighted by Gasteiger charge is 1.95. The molecule has 9 heavy (non-hydrogen) atoms. The number of nitrogens with two attached hydrogens (primary N) is 1. The molecule has 0 aliphatic heterocycles. The number of hydrogen-bond acceptors (Lipinski definition) is 1. The Morgan fingerprint density at radius 1 is 1.11 bits per heavy atom. The van der Waals surface area contributed by atoms with Crippen molar-refractivity contribution in [3.05, 3.63) is 0 Å². The van der Waals surface area contributed by atoms with Crippen LogP contribution in [0.5, 0.6) is 0 Å². The van der Waals surface area contributed by atoms with Gasteiger partial charge in [0.15, 0.2) is 0 Å². The predicted molar refractivity (Wildman–Crippen MR) is 47.2 cm³/mol. The molecule has 0 heterocycles. The maximum Gasteiger partial charge on any atom is 0.00686 e. The Labute approximate surface area is 65.4 Å². The van der Waals surface area contributed by atoms with Crippen LogP contribution in [0.25, 0.3) is 0 Å². The van der Waals surface area contributed by atoms with Gasteiger partial charge < -0.3 is 5.73 Å². The van der Waals surface area contributed by atoms with E-state index in [2.05, 4.69) is 13.8 Å². The van der Waals surface area contributed by atoms with Crippen LogP contribution in [-0.2, 0) is 0 Å². The highest BCUT2D eigenvalue weighted by molar-refractivity contribution is 5.85. The van der Waals surface area contributed by atoms with E-state index in [1.165, 1.54) is 6.42 Å². The molecule has 0 radical (unpaired) electrons. The Morgan fingerprint density at radius 3 is 1.11 bits per heavy atom. The van der Waals surface area contributed by atoms with Gasteiger partial charge in [-0.25, -0.2) is 0 Å². The van der Waals surface area contributed by atoms with Crippen molar-refractivity contribution in [1.82, 2.24) is 0 Å². The summed E-state index contributed by atoms with van der Waals surface area (Å²) >= 11 is 0. The molecule has 0 rings (SSSR count). The Hall–Kier alpha value is 0.250. The fraction of sp³-hybridized carbons (Fsp3) is 1.00. The van der Waals surface area contributed by atoms with Crippen LogP contribution in [0.3, 0.4) is 0 Å². The molecule has 2 heteroatoms. The minimum absolute atomic E-state index is 0. The normalized spacial score (nSPS) is 8.67. The van der Waals surface area contributed by atoms with Gasteiger partial charge in [-0.05, 0) is 20.8 Å². The summed E-state index contributed by atoms with van der Waals surface area (Å²) in [7, 11) is 0. The Kier molecular flexibility index (Phi) is 14.8. The molecular formula is C7H20ClN. The van der Waals surface area contributed by atoms with E-state index >= 15 is 0 Å². The van der Waals surface area contributed by atoms with Gasteiger partial charge in [0.2, 0.25) is 0 Å². The molecule has 0 aliphatic carbocycles. The summed E-state index contributed by atoms with van der Waals surface area (Å²) < 4.78 is 0. The molecule has 0 atom stereocenters. The second kappa shape index (κ2) is 8.25. The van der Waals surface area contributed by atoms with E-state index in [-0.39, 0.29) is 17.9 Å². The summed E-state index contributed by atoms with van der Waals surface area (Å²) in [5.41, 5.74) is 5.35. The van der Waals surface area contributed by atoms with E-state index in [1.54, 1.807) is 0 Å². The molecule has 0 fully saturated rings. The highest BCUT2D eigenvalue weighted by atomic mass is 35.5. The zero-order valence-corrected chi connectivity index (χ0v) is 8.01. The van der Waals surface area contributed by atoms with Gasteiger partial charge in [0.05, 0.1) is 0 Å². The van der Waals surface area contributed by atoms with Crippen molar-refractivity contribution in [2.75, 3.05) is 0 Å². The molecule has 0 saturated carbocycles.